The van der Waals surface area contributed by atoms with Crippen molar-refractivity contribution in [1.82, 2.24) is 15.1 Å². The van der Waals surface area contributed by atoms with E-state index in [1.165, 1.54) is 36.0 Å². The average Bonchev–Trinajstić information content (AvgIpc) is 2.95. The number of piperidine rings is 1. The number of amides is 1. The van der Waals surface area contributed by atoms with Gasteiger partial charge in [-0.15, -0.1) is 0 Å². The number of morpholine rings is 1. The highest BCUT2D eigenvalue weighted by Gasteiger charge is 2.19. The Hall–Kier alpha value is -2.99. The Morgan fingerprint density at radius 2 is 1.27 bits per heavy atom. The standard InChI is InChI=1S/C32H39N3O2/c36-32(33-23-28-6-8-29(9-7-28)25-35-18-20-37-21-19-35)31-12-10-30(11-13-31)24-34-16-14-27(15-17-34)22-26-4-2-1-3-5-26/h1-13,27H,14-25H2,(H,33,36). The van der Waals surface area contributed by atoms with Crippen molar-refractivity contribution in [3.63, 3.8) is 0 Å². The summed E-state index contributed by atoms with van der Waals surface area (Å²) in [5.41, 5.74) is 5.86. The third-order valence-electron chi connectivity index (χ3n) is 7.68. The maximum Gasteiger partial charge on any atom is 0.251 e. The van der Waals surface area contributed by atoms with Gasteiger partial charge >= 0.3 is 0 Å². The first kappa shape index (κ1) is 25.7. The minimum atomic E-state index is -0.0225. The van der Waals surface area contributed by atoms with Gasteiger partial charge in [-0.25, -0.2) is 0 Å². The molecule has 5 heteroatoms. The third-order valence-corrected chi connectivity index (χ3v) is 7.68. The van der Waals surface area contributed by atoms with Gasteiger partial charge in [-0.05, 0) is 72.7 Å². The van der Waals surface area contributed by atoms with Gasteiger partial charge in [0, 0.05) is 38.3 Å². The summed E-state index contributed by atoms with van der Waals surface area (Å²) >= 11 is 0. The highest BCUT2D eigenvalue weighted by atomic mass is 16.5. The van der Waals surface area contributed by atoms with Crippen LogP contribution in [-0.2, 0) is 30.8 Å². The van der Waals surface area contributed by atoms with Gasteiger partial charge in [0.2, 0.25) is 0 Å². The van der Waals surface area contributed by atoms with Gasteiger partial charge in [0.05, 0.1) is 13.2 Å². The van der Waals surface area contributed by atoms with E-state index < -0.39 is 0 Å². The summed E-state index contributed by atoms with van der Waals surface area (Å²) in [6.07, 6.45) is 3.70. The molecule has 0 spiro atoms. The molecule has 2 saturated heterocycles. The molecule has 2 aliphatic rings. The molecule has 1 N–H and O–H groups in total. The lowest BCUT2D eigenvalue weighted by molar-refractivity contribution is 0.0342. The molecule has 0 atom stereocenters. The fourth-order valence-corrected chi connectivity index (χ4v) is 5.38. The van der Waals surface area contributed by atoms with E-state index in [4.69, 9.17) is 4.74 Å². The van der Waals surface area contributed by atoms with Crippen LogP contribution in [0.2, 0.25) is 0 Å². The van der Waals surface area contributed by atoms with Gasteiger partial charge in [-0.3, -0.25) is 14.6 Å². The molecule has 0 aliphatic carbocycles. The van der Waals surface area contributed by atoms with Crippen LogP contribution in [0.1, 0.15) is 45.5 Å². The van der Waals surface area contributed by atoms with Crippen LogP contribution in [0.15, 0.2) is 78.9 Å². The van der Waals surface area contributed by atoms with Crippen LogP contribution >= 0.6 is 0 Å². The zero-order valence-electron chi connectivity index (χ0n) is 21.8. The third kappa shape index (κ3) is 7.75. The minimum Gasteiger partial charge on any atom is -0.379 e. The monoisotopic (exact) mass is 497 g/mol. The van der Waals surface area contributed by atoms with Crippen LogP contribution in [0.3, 0.4) is 0 Å². The number of nitrogens with zero attached hydrogens (tertiary/aromatic N) is 2. The molecule has 5 rings (SSSR count). The molecule has 2 aliphatic heterocycles. The number of benzene rings is 3. The quantitative estimate of drug-likeness (QED) is 0.457. The SMILES string of the molecule is O=C(NCc1ccc(CN2CCOCC2)cc1)c1ccc(CN2CCC(Cc3ccccc3)CC2)cc1. The number of hydrogen-bond donors (Lipinski definition) is 1. The van der Waals surface area contributed by atoms with Crippen LogP contribution in [-0.4, -0.2) is 55.1 Å². The lowest BCUT2D eigenvalue weighted by Gasteiger charge is -2.32. The molecular weight excluding hydrogens is 458 g/mol. The minimum absolute atomic E-state index is 0.0225. The highest BCUT2D eigenvalue weighted by molar-refractivity contribution is 5.94. The molecule has 2 heterocycles. The highest BCUT2D eigenvalue weighted by Crippen LogP contribution is 2.23. The van der Waals surface area contributed by atoms with Crippen LogP contribution in [0.5, 0.6) is 0 Å². The van der Waals surface area contributed by atoms with E-state index in [-0.39, 0.29) is 5.91 Å². The Labute approximate surface area is 221 Å². The smallest absolute Gasteiger partial charge is 0.251 e. The zero-order chi connectivity index (χ0) is 25.3. The maximum absolute atomic E-state index is 12.7. The normalized spacial score (nSPS) is 17.5. The van der Waals surface area contributed by atoms with Crippen molar-refractivity contribution < 1.29 is 9.53 Å². The molecule has 37 heavy (non-hydrogen) atoms. The summed E-state index contributed by atoms with van der Waals surface area (Å²) in [5, 5.41) is 3.07. The number of rotatable bonds is 9. The van der Waals surface area contributed by atoms with Gasteiger partial charge in [0.15, 0.2) is 0 Å². The van der Waals surface area contributed by atoms with Crippen LogP contribution in [0, 0.1) is 5.92 Å². The molecule has 0 saturated carbocycles. The van der Waals surface area contributed by atoms with E-state index in [1.54, 1.807) is 0 Å². The Morgan fingerprint density at radius 3 is 1.92 bits per heavy atom. The largest absolute Gasteiger partial charge is 0.379 e. The molecule has 2 fully saturated rings. The van der Waals surface area contributed by atoms with Crippen LogP contribution in [0.4, 0.5) is 0 Å². The number of hydrogen-bond acceptors (Lipinski definition) is 4. The van der Waals surface area contributed by atoms with Gasteiger partial charge < -0.3 is 10.1 Å². The predicted molar refractivity (Wildman–Crippen MR) is 148 cm³/mol. The summed E-state index contributed by atoms with van der Waals surface area (Å²) in [4.78, 5) is 17.7. The molecule has 1 amide bonds. The van der Waals surface area contributed by atoms with Crippen LogP contribution < -0.4 is 5.32 Å². The summed E-state index contributed by atoms with van der Waals surface area (Å²) in [6, 6.07) is 27.5. The van der Waals surface area contributed by atoms with Crippen LogP contribution in [0.25, 0.3) is 0 Å². The lowest BCUT2D eigenvalue weighted by atomic mass is 9.90. The first-order chi connectivity index (χ1) is 18.2. The molecular formula is C32H39N3O2. The number of carbonyl (C=O) groups is 1. The fraction of sp³-hybridized carbons (Fsp3) is 0.406. The Kier molecular flexibility index (Phi) is 9.01. The van der Waals surface area contributed by atoms with Crippen molar-refractivity contribution in [3.05, 3.63) is 107 Å². The first-order valence-corrected chi connectivity index (χ1v) is 13.7. The van der Waals surface area contributed by atoms with Crippen molar-refractivity contribution in [3.8, 4) is 0 Å². The fourth-order valence-electron chi connectivity index (χ4n) is 5.38. The van der Waals surface area contributed by atoms with E-state index in [0.717, 1.165) is 64.0 Å². The number of carbonyl (C=O) groups excluding carboxylic acids is 1. The Balaban J connectivity index is 1.03. The number of nitrogens with one attached hydrogen (secondary N) is 1. The molecule has 0 radical (unpaired) electrons. The Morgan fingerprint density at radius 1 is 0.703 bits per heavy atom. The second-order valence-corrected chi connectivity index (χ2v) is 10.5. The number of ether oxygens (including phenoxy) is 1. The van der Waals surface area contributed by atoms with Gasteiger partial charge in [0.1, 0.15) is 0 Å². The summed E-state index contributed by atoms with van der Waals surface area (Å²) < 4.78 is 5.42. The number of likely N-dealkylation sites (tertiary alicyclic amines) is 1. The van der Waals surface area contributed by atoms with Crippen molar-refractivity contribution in [2.24, 2.45) is 5.92 Å². The zero-order valence-corrected chi connectivity index (χ0v) is 21.8. The first-order valence-electron chi connectivity index (χ1n) is 13.7. The molecule has 0 unspecified atom stereocenters. The second-order valence-electron chi connectivity index (χ2n) is 10.5. The van der Waals surface area contributed by atoms with E-state index >= 15 is 0 Å². The summed E-state index contributed by atoms with van der Waals surface area (Å²) in [5.74, 6) is 0.761. The summed E-state index contributed by atoms with van der Waals surface area (Å²) in [7, 11) is 0. The lowest BCUT2D eigenvalue weighted by Crippen LogP contribution is -2.35. The molecule has 0 aromatic heterocycles. The predicted octanol–water partition coefficient (Wildman–Crippen LogP) is 4.90. The van der Waals surface area contributed by atoms with Crippen molar-refractivity contribution in [2.45, 2.75) is 38.9 Å². The molecule has 194 valence electrons. The van der Waals surface area contributed by atoms with Gasteiger partial charge in [-0.2, -0.15) is 0 Å². The average molecular weight is 498 g/mol. The molecule has 3 aromatic rings. The van der Waals surface area contributed by atoms with Gasteiger partial charge in [-0.1, -0.05) is 66.7 Å². The topological polar surface area (TPSA) is 44.8 Å². The second kappa shape index (κ2) is 13.0. The maximum atomic E-state index is 12.7. The van der Waals surface area contributed by atoms with Crippen molar-refractivity contribution >= 4 is 5.91 Å². The van der Waals surface area contributed by atoms with Crippen molar-refractivity contribution in [2.75, 3.05) is 39.4 Å². The summed E-state index contributed by atoms with van der Waals surface area (Å²) in [6.45, 7) is 8.35. The van der Waals surface area contributed by atoms with E-state index in [0.29, 0.717) is 12.1 Å². The van der Waals surface area contributed by atoms with E-state index in [9.17, 15) is 4.79 Å². The van der Waals surface area contributed by atoms with Gasteiger partial charge in [0.25, 0.3) is 5.91 Å². The van der Waals surface area contributed by atoms with Crippen molar-refractivity contribution in [1.29, 1.82) is 0 Å². The molecule has 5 nitrogen and oxygen atoms in total. The molecule has 0 bridgehead atoms. The molecule has 3 aromatic carbocycles. The Bertz CT molecular complexity index is 1100. The van der Waals surface area contributed by atoms with E-state index in [1.807, 2.05) is 12.1 Å². The van der Waals surface area contributed by atoms with E-state index in [2.05, 4.69) is 81.8 Å².